The van der Waals surface area contributed by atoms with E-state index in [2.05, 4.69) is 45.3 Å². The summed E-state index contributed by atoms with van der Waals surface area (Å²) in [4.78, 5) is 8.91. The Kier molecular flexibility index (Phi) is 3.59. The SMILES string of the molecule is CN(C)[C@@H]1CN(Cc2cc3cccnc3o2)C[C@@H]1n1ccnn1. The number of nitrogens with zero attached hydrogens (tertiary/aromatic N) is 6. The van der Waals surface area contributed by atoms with Crippen LogP contribution in [-0.4, -0.2) is 63.0 Å². The van der Waals surface area contributed by atoms with E-state index in [-0.39, 0.29) is 0 Å². The minimum atomic E-state index is 0.301. The van der Waals surface area contributed by atoms with E-state index >= 15 is 0 Å². The third-order valence-corrected chi connectivity index (χ3v) is 4.50. The molecule has 0 aromatic carbocycles. The summed E-state index contributed by atoms with van der Waals surface area (Å²) in [6.07, 6.45) is 5.43. The lowest BCUT2D eigenvalue weighted by Crippen LogP contribution is -2.36. The molecule has 120 valence electrons. The summed E-state index contributed by atoms with van der Waals surface area (Å²) >= 11 is 0. The summed E-state index contributed by atoms with van der Waals surface area (Å²) < 4.78 is 7.81. The fraction of sp³-hybridized carbons (Fsp3) is 0.438. The van der Waals surface area contributed by atoms with Crippen molar-refractivity contribution >= 4 is 11.1 Å². The molecule has 0 saturated carbocycles. The zero-order chi connectivity index (χ0) is 15.8. The molecule has 4 rings (SSSR count). The molecule has 0 N–H and O–H groups in total. The van der Waals surface area contributed by atoms with Gasteiger partial charge in [0.2, 0.25) is 5.71 Å². The van der Waals surface area contributed by atoms with Gasteiger partial charge in [0, 0.05) is 36.9 Å². The molecule has 1 fully saturated rings. The number of furan rings is 1. The Morgan fingerprint density at radius 2 is 2.22 bits per heavy atom. The standard InChI is InChI=1S/C16H20N6O/c1-20(2)14-10-21(11-15(14)22-7-6-18-19-22)9-13-8-12-4-3-5-17-16(12)23-13/h3-8,14-15H,9-11H2,1-2H3/t14-,15+/m1/s1. The fourth-order valence-electron chi connectivity index (χ4n) is 3.36. The maximum Gasteiger partial charge on any atom is 0.226 e. The van der Waals surface area contributed by atoms with E-state index in [0.717, 1.165) is 30.8 Å². The van der Waals surface area contributed by atoms with Crippen molar-refractivity contribution in [3.63, 3.8) is 0 Å². The number of hydrogen-bond acceptors (Lipinski definition) is 6. The fourth-order valence-corrected chi connectivity index (χ4v) is 3.36. The Labute approximate surface area is 134 Å². The molecule has 0 radical (unpaired) electrons. The van der Waals surface area contributed by atoms with Crippen LogP contribution < -0.4 is 0 Å². The molecule has 0 spiro atoms. The Morgan fingerprint density at radius 1 is 1.30 bits per heavy atom. The van der Waals surface area contributed by atoms with Crippen LogP contribution in [0.3, 0.4) is 0 Å². The van der Waals surface area contributed by atoms with E-state index in [4.69, 9.17) is 4.42 Å². The highest BCUT2D eigenvalue weighted by molar-refractivity contribution is 5.73. The van der Waals surface area contributed by atoms with Gasteiger partial charge in [0.1, 0.15) is 5.76 Å². The van der Waals surface area contributed by atoms with E-state index in [1.807, 2.05) is 23.0 Å². The molecule has 0 unspecified atom stereocenters. The van der Waals surface area contributed by atoms with Gasteiger partial charge in [-0.3, -0.25) is 4.90 Å². The van der Waals surface area contributed by atoms with Gasteiger partial charge < -0.3 is 9.32 Å². The first-order valence-electron chi connectivity index (χ1n) is 7.79. The van der Waals surface area contributed by atoms with Crippen molar-refractivity contribution in [1.82, 2.24) is 29.8 Å². The Morgan fingerprint density at radius 3 is 2.96 bits per heavy atom. The lowest BCUT2D eigenvalue weighted by molar-refractivity contribution is 0.235. The van der Waals surface area contributed by atoms with Crippen LogP contribution in [0.25, 0.3) is 11.1 Å². The first-order valence-corrected chi connectivity index (χ1v) is 7.79. The molecule has 7 heteroatoms. The molecule has 23 heavy (non-hydrogen) atoms. The van der Waals surface area contributed by atoms with Crippen LogP contribution in [0, 0.1) is 0 Å². The van der Waals surface area contributed by atoms with E-state index in [1.54, 1.807) is 12.4 Å². The number of rotatable bonds is 4. The second kappa shape index (κ2) is 5.75. The summed E-state index contributed by atoms with van der Waals surface area (Å²) in [5, 5.41) is 9.19. The molecular formula is C16H20N6O. The second-order valence-corrected chi connectivity index (χ2v) is 6.29. The van der Waals surface area contributed by atoms with Crippen LogP contribution in [-0.2, 0) is 6.54 Å². The van der Waals surface area contributed by atoms with Gasteiger partial charge in [-0.25, -0.2) is 9.67 Å². The molecule has 2 atom stereocenters. The van der Waals surface area contributed by atoms with E-state index in [0.29, 0.717) is 17.8 Å². The molecular weight excluding hydrogens is 292 g/mol. The highest BCUT2D eigenvalue weighted by Gasteiger charge is 2.36. The monoisotopic (exact) mass is 312 g/mol. The predicted octanol–water partition coefficient (Wildman–Crippen LogP) is 1.41. The molecule has 3 aromatic rings. The van der Waals surface area contributed by atoms with Crippen LogP contribution in [0.1, 0.15) is 11.8 Å². The number of pyridine rings is 1. The van der Waals surface area contributed by atoms with Crippen molar-refractivity contribution in [2.75, 3.05) is 27.2 Å². The van der Waals surface area contributed by atoms with Crippen molar-refractivity contribution in [2.24, 2.45) is 0 Å². The lowest BCUT2D eigenvalue weighted by atomic mass is 10.1. The van der Waals surface area contributed by atoms with Gasteiger partial charge in [0.15, 0.2) is 0 Å². The maximum atomic E-state index is 5.85. The minimum Gasteiger partial charge on any atom is -0.441 e. The Bertz CT molecular complexity index is 748. The summed E-state index contributed by atoms with van der Waals surface area (Å²) in [6.45, 7) is 2.69. The zero-order valence-electron chi connectivity index (χ0n) is 13.3. The van der Waals surface area contributed by atoms with Crippen molar-refractivity contribution < 1.29 is 4.42 Å². The zero-order valence-corrected chi connectivity index (χ0v) is 13.3. The van der Waals surface area contributed by atoms with Crippen LogP contribution in [0.15, 0.2) is 41.2 Å². The summed E-state index contributed by atoms with van der Waals surface area (Å²) in [6, 6.07) is 6.74. The Hall–Kier alpha value is -2.25. The number of likely N-dealkylation sites (N-methyl/N-ethyl adjacent to an activating group) is 1. The third kappa shape index (κ3) is 2.73. The molecule has 3 aromatic heterocycles. The van der Waals surface area contributed by atoms with Crippen LogP contribution in [0.5, 0.6) is 0 Å². The van der Waals surface area contributed by atoms with Crippen LogP contribution in [0.4, 0.5) is 0 Å². The van der Waals surface area contributed by atoms with E-state index in [9.17, 15) is 0 Å². The van der Waals surface area contributed by atoms with E-state index in [1.165, 1.54) is 0 Å². The van der Waals surface area contributed by atoms with Crippen molar-refractivity contribution in [3.05, 3.63) is 42.5 Å². The van der Waals surface area contributed by atoms with Gasteiger partial charge in [0.25, 0.3) is 0 Å². The van der Waals surface area contributed by atoms with Crippen molar-refractivity contribution in [3.8, 4) is 0 Å². The quantitative estimate of drug-likeness (QED) is 0.726. The van der Waals surface area contributed by atoms with Crippen LogP contribution >= 0.6 is 0 Å². The molecule has 1 aliphatic heterocycles. The normalized spacial score (nSPS) is 22.4. The van der Waals surface area contributed by atoms with Crippen molar-refractivity contribution in [1.29, 1.82) is 0 Å². The summed E-state index contributed by atoms with van der Waals surface area (Å²) in [7, 11) is 4.23. The molecule has 1 saturated heterocycles. The third-order valence-electron chi connectivity index (χ3n) is 4.50. The number of likely N-dealkylation sites (tertiary alicyclic amines) is 1. The van der Waals surface area contributed by atoms with E-state index < -0.39 is 0 Å². The molecule has 0 aliphatic carbocycles. The molecule has 7 nitrogen and oxygen atoms in total. The van der Waals surface area contributed by atoms with Gasteiger partial charge in [0.05, 0.1) is 18.8 Å². The number of aromatic nitrogens is 4. The highest BCUT2D eigenvalue weighted by atomic mass is 16.3. The average molecular weight is 312 g/mol. The van der Waals surface area contributed by atoms with Gasteiger partial charge in [-0.2, -0.15) is 0 Å². The number of fused-ring (bicyclic) bond motifs is 1. The molecule has 4 heterocycles. The van der Waals surface area contributed by atoms with Gasteiger partial charge in [-0.1, -0.05) is 5.21 Å². The Balaban J connectivity index is 1.53. The molecule has 0 amide bonds. The van der Waals surface area contributed by atoms with Gasteiger partial charge >= 0.3 is 0 Å². The maximum absolute atomic E-state index is 5.85. The molecule has 1 aliphatic rings. The highest BCUT2D eigenvalue weighted by Crippen LogP contribution is 2.27. The predicted molar refractivity (Wildman–Crippen MR) is 85.8 cm³/mol. The largest absolute Gasteiger partial charge is 0.441 e. The molecule has 0 bridgehead atoms. The average Bonchev–Trinajstić information content (AvgIpc) is 3.25. The van der Waals surface area contributed by atoms with Crippen LogP contribution in [0.2, 0.25) is 0 Å². The number of hydrogen-bond donors (Lipinski definition) is 0. The second-order valence-electron chi connectivity index (χ2n) is 6.29. The topological polar surface area (TPSA) is 63.2 Å². The van der Waals surface area contributed by atoms with Gasteiger partial charge in [-0.05, 0) is 32.3 Å². The first kappa shape index (κ1) is 14.3. The smallest absolute Gasteiger partial charge is 0.226 e. The first-order chi connectivity index (χ1) is 11.2. The van der Waals surface area contributed by atoms with Gasteiger partial charge in [-0.15, -0.1) is 5.10 Å². The lowest BCUT2D eigenvalue weighted by Gasteiger charge is -2.24. The van der Waals surface area contributed by atoms with Crippen molar-refractivity contribution in [2.45, 2.75) is 18.6 Å². The summed E-state index contributed by atoms with van der Waals surface area (Å²) in [5.41, 5.74) is 0.707. The minimum absolute atomic E-state index is 0.301. The summed E-state index contributed by atoms with van der Waals surface area (Å²) in [5.74, 6) is 0.954.